The first-order valence-electron chi connectivity index (χ1n) is 5.60. The van der Waals surface area contributed by atoms with Gasteiger partial charge in [0.2, 0.25) is 10.0 Å². The van der Waals surface area contributed by atoms with Gasteiger partial charge < -0.3 is 5.73 Å². The number of nitrogens with one attached hydrogen (secondary N) is 1. The lowest BCUT2D eigenvalue weighted by Gasteiger charge is -2.08. The van der Waals surface area contributed by atoms with Crippen molar-refractivity contribution < 1.29 is 21.6 Å². The molecule has 0 saturated heterocycles. The summed E-state index contributed by atoms with van der Waals surface area (Å²) in [7, 11) is -3.68. The van der Waals surface area contributed by atoms with E-state index < -0.39 is 22.6 Å². The van der Waals surface area contributed by atoms with Gasteiger partial charge in [0.25, 0.3) is 0 Å². The van der Waals surface area contributed by atoms with E-state index in [9.17, 15) is 21.6 Å². The Labute approximate surface area is 122 Å². The maximum absolute atomic E-state index is 12.1. The van der Waals surface area contributed by atoms with Crippen LogP contribution < -0.4 is 10.5 Å². The average molecular weight is 333 g/mol. The van der Waals surface area contributed by atoms with Gasteiger partial charge in [0, 0.05) is 6.54 Å². The molecule has 0 aliphatic rings. The zero-order valence-electron chi connectivity index (χ0n) is 10.5. The smallest absolute Gasteiger partial charge is 0.330 e. The third-order valence-corrected chi connectivity index (χ3v) is 3.79. The summed E-state index contributed by atoms with van der Waals surface area (Å²) in [6.45, 7) is 0.552. The van der Waals surface area contributed by atoms with Crippen molar-refractivity contribution in [1.29, 1.82) is 0 Å². The summed E-state index contributed by atoms with van der Waals surface area (Å²) in [6, 6.07) is 4.63. The van der Waals surface area contributed by atoms with Crippen molar-refractivity contribution in [3.63, 3.8) is 0 Å². The van der Waals surface area contributed by atoms with Crippen molar-refractivity contribution in [2.75, 3.05) is 13.1 Å². The third-order valence-electron chi connectivity index (χ3n) is 2.31. The Kier molecular flexibility index (Phi) is 7.50. The molecule has 0 saturated carbocycles. The highest BCUT2D eigenvalue weighted by molar-refractivity contribution is 7.89. The standard InChI is InChI=1S/C11H15F3N2O2S.ClH/c12-11(13,14)8-9-2-4-10(5-3-9)19(17,18)16-7-1-6-15;/h2-5,16H,1,6-8,15H2;1H. The fraction of sp³-hybridized carbons (Fsp3) is 0.455. The number of nitrogens with two attached hydrogens (primary N) is 1. The molecule has 20 heavy (non-hydrogen) atoms. The molecule has 0 aliphatic carbocycles. The predicted molar refractivity (Wildman–Crippen MR) is 72.3 cm³/mol. The molecule has 0 unspecified atom stereocenters. The van der Waals surface area contributed by atoms with Crippen molar-refractivity contribution in [2.24, 2.45) is 5.73 Å². The molecule has 0 amide bonds. The maximum atomic E-state index is 12.1. The molecule has 1 aromatic carbocycles. The second-order valence-electron chi connectivity index (χ2n) is 3.98. The van der Waals surface area contributed by atoms with Crippen LogP contribution in [-0.2, 0) is 16.4 Å². The lowest BCUT2D eigenvalue weighted by atomic mass is 10.1. The molecule has 4 nitrogen and oxygen atoms in total. The van der Waals surface area contributed by atoms with E-state index in [1.54, 1.807) is 0 Å². The quantitative estimate of drug-likeness (QED) is 0.781. The van der Waals surface area contributed by atoms with Gasteiger partial charge in [0.1, 0.15) is 0 Å². The molecule has 0 aromatic heterocycles. The van der Waals surface area contributed by atoms with Crippen LogP contribution >= 0.6 is 12.4 Å². The lowest BCUT2D eigenvalue weighted by molar-refractivity contribution is -0.127. The van der Waals surface area contributed by atoms with Gasteiger partial charge in [-0.15, -0.1) is 12.4 Å². The van der Waals surface area contributed by atoms with Crippen molar-refractivity contribution in [2.45, 2.75) is 23.9 Å². The van der Waals surface area contributed by atoms with Crippen LogP contribution in [0.25, 0.3) is 0 Å². The molecule has 0 aliphatic heterocycles. The summed E-state index contributed by atoms with van der Waals surface area (Å²) >= 11 is 0. The van der Waals surface area contributed by atoms with Gasteiger partial charge in [-0.05, 0) is 30.7 Å². The third kappa shape index (κ3) is 6.56. The van der Waals surface area contributed by atoms with Gasteiger partial charge in [-0.3, -0.25) is 0 Å². The molecule has 1 rings (SSSR count). The van der Waals surface area contributed by atoms with E-state index in [1.807, 2.05) is 0 Å². The summed E-state index contributed by atoms with van der Waals surface area (Å²) in [5.41, 5.74) is 5.26. The van der Waals surface area contributed by atoms with Crippen LogP contribution in [0.3, 0.4) is 0 Å². The monoisotopic (exact) mass is 332 g/mol. The highest BCUT2D eigenvalue weighted by Gasteiger charge is 2.27. The maximum Gasteiger partial charge on any atom is 0.393 e. The van der Waals surface area contributed by atoms with Crippen molar-refractivity contribution in [3.05, 3.63) is 29.8 Å². The Morgan fingerprint density at radius 1 is 1.15 bits per heavy atom. The average Bonchev–Trinajstić information content (AvgIpc) is 2.27. The summed E-state index contributed by atoms with van der Waals surface area (Å²) in [6.07, 6.45) is -4.89. The minimum absolute atomic E-state index is 0. The topological polar surface area (TPSA) is 72.2 Å². The summed E-state index contributed by atoms with van der Waals surface area (Å²) in [5.74, 6) is 0. The molecular weight excluding hydrogens is 317 g/mol. The normalized spacial score (nSPS) is 12.0. The van der Waals surface area contributed by atoms with E-state index in [-0.39, 0.29) is 29.4 Å². The molecule has 0 radical (unpaired) electrons. The van der Waals surface area contributed by atoms with Crippen LogP contribution in [0.5, 0.6) is 0 Å². The summed E-state index contributed by atoms with van der Waals surface area (Å²) < 4.78 is 62.2. The first kappa shape index (κ1) is 19.2. The SMILES string of the molecule is Cl.NCCCNS(=O)(=O)c1ccc(CC(F)(F)F)cc1. The second-order valence-corrected chi connectivity index (χ2v) is 5.74. The van der Waals surface area contributed by atoms with Crippen molar-refractivity contribution in [3.8, 4) is 0 Å². The minimum atomic E-state index is -4.31. The first-order valence-corrected chi connectivity index (χ1v) is 7.08. The van der Waals surface area contributed by atoms with Crippen molar-refractivity contribution >= 4 is 22.4 Å². The van der Waals surface area contributed by atoms with Crippen LogP contribution in [-0.4, -0.2) is 27.7 Å². The van der Waals surface area contributed by atoms with Gasteiger partial charge in [-0.1, -0.05) is 12.1 Å². The second kappa shape index (κ2) is 7.82. The molecule has 0 heterocycles. The Morgan fingerprint density at radius 3 is 2.15 bits per heavy atom. The Hall–Kier alpha value is -0.830. The Balaban J connectivity index is 0.00000361. The van der Waals surface area contributed by atoms with Gasteiger partial charge in [-0.25, -0.2) is 13.1 Å². The van der Waals surface area contributed by atoms with Crippen LogP contribution in [0.1, 0.15) is 12.0 Å². The molecule has 116 valence electrons. The lowest BCUT2D eigenvalue weighted by Crippen LogP contribution is -2.26. The largest absolute Gasteiger partial charge is 0.393 e. The molecular formula is C11H16ClF3N2O2S. The number of rotatable bonds is 6. The fourth-order valence-corrected chi connectivity index (χ4v) is 2.48. The Bertz CT molecular complexity index is 503. The van der Waals surface area contributed by atoms with Crippen LogP contribution in [0, 0.1) is 0 Å². The molecule has 3 N–H and O–H groups in total. The fourth-order valence-electron chi connectivity index (χ4n) is 1.41. The van der Waals surface area contributed by atoms with Crippen LogP contribution in [0.4, 0.5) is 13.2 Å². The number of hydrogen-bond donors (Lipinski definition) is 2. The van der Waals surface area contributed by atoms with Crippen molar-refractivity contribution in [1.82, 2.24) is 4.72 Å². The highest BCUT2D eigenvalue weighted by Crippen LogP contribution is 2.22. The number of alkyl halides is 3. The van der Waals surface area contributed by atoms with E-state index in [1.165, 1.54) is 0 Å². The van der Waals surface area contributed by atoms with E-state index in [2.05, 4.69) is 4.72 Å². The number of hydrogen-bond acceptors (Lipinski definition) is 3. The minimum Gasteiger partial charge on any atom is -0.330 e. The molecule has 1 aromatic rings. The summed E-state index contributed by atoms with van der Waals surface area (Å²) in [4.78, 5) is -0.0598. The van der Waals surface area contributed by atoms with Gasteiger partial charge in [-0.2, -0.15) is 13.2 Å². The van der Waals surface area contributed by atoms with Gasteiger partial charge in [0.15, 0.2) is 0 Å². The van der Waals surface area contributed by atoms with Crippen LogP contribution in [0.15, 0.2) is 29.2 Å². The van der Waals surface area contributed by atoms with Gasteiger partial charge >= 0.3 is 6.18 Å². The zero-order valence-corrected chi connectivity index (χ0v) is 12.1. The van der Waals surface area contributed by atoms with E-state index >= 15 is 0 Å². The zero-order chi connectivity index (χ0) is 14.5. The molecule has 0 fully saturated rings. The first-order chi connectivity index (χ1) is 8.74. The number of sulfonamides is 1. The Morgan fingerprint density at radius 2 is 1.70 bits per heavy atom. The van der Waals surface area contributed by atoms with Gasteiger partial charge in [0.05, 0.1) is 11.3 Å². The van der Waals surface area contributed by atoms with E-state index in [0.717, 1.165) is 24.3 Å². The number of halogens is 4. The van der Waals surface area contributed by atoms with Crippen LogP contribution in [0.2, 0.25) is 0 Å². The van der Waals surface area contributed by atoms with E-state index in [0.29, 0.717) is 13.0 Å². The van der Waals surface area contributed by atoms with E-state index in [4.69, 9.17) is 5.73 Å². The number of benzene rings is 1. The molecule has 0 bridgehead atoms. The molecule has 0 spiro atoms. The summed E-state index contributed by atoms with van der Waals surface area (Å²) in [5, 5.41) is 0. The molecule has 0 atom stereocenters. The predicted octanol–water partition coefficient (Wildman–Crippen LogP) is 1.84. The highest BCUT2D eigenvalue weighted by atomic mass is 35.5. The molecule has 9 heteroatoms.